The Hall–Kier alpha value is -2.74. The molecule has 5 rings (SSSR count). The summed E-state index contributed by atoms with van der Waals surface area (Å²) in [4.78, 5) is 4.43. The highest BCUT2D eigenvalue weighted by Gasteiger charge is 2.47. The molecule has 0 saturated heterocycles. The van der Waals surface area contributed by atoms with Crippen LogP contribution in [-0.4, -0.2) is 28.2 Å². The molecule has 0 saturated carbocycles. The Balaban J connectivity index is 1.78. The first-order valence-electron chi connectivity index (χ1n) is 9.70. The molecule has 3 aromatic rings. The average molecular weight is 354 g/mol. The van der Waals surface area contributed by atoms with Gasteiger partial charge in [-0.1, -0.05) is 36.4 Å². The van der Waals surface area contributed by atoms with Crippen molar-refractivity contribution in [1.29, 1.82) is 0 Å². The maximum atomic E-state index is 2.43. The van der Waals surface area contributed by atoms with Crippen molar-refractivity contribution in [1.82, 2.24) is 0 Å². The van der Waals surface area contributed by atoms with E-state index < -0.39 is 0 Å². The molecule has 2 heteroatoms. The lowest BCUT2D eigenvalue weighted by atomic mass is 9.75. The molecule has 0 atom stereocenters. The normalized spacial score (nSPS) is 15.4. The first-order valence-corrected chi connectivity index (χ1v) is 9.70. The van der Waals surface area contributed by atoms with Gasteiger partial charge in [-0.25, -0.2) is 0 Å². The van der Waals surface area contributed by atoms with Crippen LogP contribution in [0.5, 0.6) is 0 Å². The number of nitrogens with zero attached hydrogens (tertiary/aromatic N) is 2. The van der Waals surface area contributed by atoms with E-state index in [9.17, 15) is 0 Å². The summed E-state index contributed by atoms with van der Waals surface area (Å²) in [5.41, 5.74) is 11.4. The van der Waals surface area contributed by atoms with Crippen molar-refractivity contribution in [3.8, 4) is 11.1 Å². The van der Waals surface area contributed by atoms with Crippen LogP contribution in [-0.2, 0) is 18.3 Å². The molecule has 0 aromatic heterocycles. The van der Waals surface area contributed by atoms with Gasteiger partial charge in [0.1, 0.15) is 0 Å². The molecule has 0 radical (unpaired) electrons. The van der Waals surface area contributed by atoms with E-state index in [2.05, 4.69) is 98.7 Å². The summed E-state index contributed by atoms with van der Waals surface area (Å²) in [5.74, 6) is 0. The van der Waals surface area contributed by atoms with E-state index in [0.29, 0.717) is 0 Å². The fourth-order valence-electron chi connectivity index (χ4n) is 5.02. The van der Waals surface area contributed by atoms with Crippen molar-refractivity contribution in [2.75, 3.05) is 38.0 Å². The zero-order valence-electron chi connectivity index (χ0n) is 16.6. The molecule has 0 unspecified atom stereocenters. The van der Waals surface area contributed by atoms with Gasteiger partial charge < -0.3 is 9.80 Å². The van der Waals surface area contributed by atoms with Gasteiger partial charge in [0.05, 0.1) is 0 Å². The number of hydrogen-bond acceptors (Lipinski definition) is 2. The number of rotatable bonds is 2. The van der Waals surface area contributed by atoms with E-state index in [-0.39, 0.29) is 5.41 Å². The molecule has 2 nitrogen and oxygen atoms in total. The second kappa shape index (κ2) is 5.63. The van der Waals surface area contributed by atoms with E-state index in [1.165, 1.54) is 44.8 Å². The number of benzene rings is 3. The summed E-state index contributed by atoms with van der Waals surface area (Å²) >= 11 is 0. The molecular weight excluding hydrogens is 328 g/mol. The Kier molecular flexibility index (Phi) is 3.42. The van der Waals surface area contributed by atoms with Gasteiger partial charge >= 0.3 is 0 Å². The Bertz CT molecular complexity index is 961. The van der Waals surface area contributed by atoms with Gasteiger partial charge in [0.2, 0.25) is 0 Å². The highest BCUT2D eigenvalue weighted by molar-refractivity contribution is 5.85. The van der Waals surface area contributed by atoms with Crippen LogP contribution in [0.4, 0.5) is 11.4 Å². The van der Waals surface area contributed by atoms with E-state index in [0.717, 1.165) is 12.8 Å². The predicted octanol–water partition coefficient (Wildman–Crippen LogP) is 4.88. The van der Waals surface area contributed by atoms with Crippen molar-refractivity contribution < 1.29 is 0 Å². The summed E-state index contributed by atoms with van der Waals surface area (Å²) in [7, 11) is 8.52. The van der Waals surface area contributed by atoms with Gasteiger partial charge in [-0.15, -0.1) is 0 Å². The highest BCUT2D eigenvalue weighted by atomic mass is 15.1. The fourth-order valence-corrected chi connectivity index (χ4v) is 5.02. The first kappa shape index (κ1) is 16.4. The third kappa shape index (κ3) is 2.26. The second-order valence-electron chi connectivity index (χ2n) is 8.45. The monoisotopic (exact) mass is 354 g/mol. The Labute approximate surface area is 162 Å². The lowest BCUT2D eigenvalue weighted by Gasteiger charge is -2.28. The van der Waals surface area contributed by atoms with Crippen molar-refractivity contribution in [2.24, 2.45) is 0 Å². The van der Waals surface area contributed by atoms with Gasteiger partial charge in [0, 0.05) is 45.0 Å². The van der Waals surface area contributed by atoms with Crippen molar-refractivity contribution in [3.05, 3.63) is 82.9 Å². The molecule has 0 aliphatic heterocycles. The fraction of sp³-hybridized carbons (Fsp3) is 0.280. The molecule has 0 fully saturated rings. The maximum Gasteiger partial charge on any atom is 0.0364 e. The Morgan fingerprint density at radius 1 is 0.630 bits per heavy atom. The van der Waals surface area contributed by atoms with Gasteiger partial charge in [-0.3, -0.25) is 0 Å². The molecule has 1 spiro atoms. The number of fused-ring (bicyclic) bond motifs is 6. The van der Waals surface area contributed by atoms with E-state index >= 15 is 0 Å². The maximum absolute atomic E-state index is 2.43. The van der Waals surface area contributed by atoms with Crippen molar-refractivity contribution in [3.63, 3.8) is 0 Å². The van der Waals surface area contributed by atoms with Gasteiger partial charge in [-0.2, -0.15) is 0 Å². The second-order valence-corrected chi connectivity index (χ2v) is 8.45. The van der Waals surface area contributed by atoms with Gasteiger partial charge in [0.15, 0.2) is 0 Å². The lowest BCUT2D eigenvalue weighted by molar-refractivity contribution is 0.563. The molecule has 136 valence electrons. The lowest BCUT2D eigenvalue weighted by Crippen LogP contribution is -2.26. The quantitative estimate of drug-likeness (QED) is 0.647. The predicted molar refractivity (Wildman–Crippen MR) is 115 cm³/mol. The summed E-state index contributed by atoms with van der Waals surface area (Å²) in [6, 6.07) is 23.0. The molecule has 27 heavy (non-hydrogen) atoms. The summed E-state index contributed by atoms with van der Waals surface area (Å²) in [6.45, 7) is 0. The molecule has 0 N–H and O–H groups in total. The summed E-state index contributed by atoms with van der Waals surface area (Å²) in [5, 5.41) is 0. The summed E-state index contributed by atoms with van der Waals surface area (Å²) < 4.78 is 0. The molecular formula is C25H26N2. The van der Waals surface area contributed by atoms with Gasteiger partial charge in [0.25, 0.3) is 0 Å². The van der Waals surface area contributed by atoms with Crippen LogP contribution in [0.3, 0.4) is 0 Å². The van der Waals surface area contributed by atoms with E-state index in [1.807, 2.05) is 0 Å². The van der Waals surface area contributed by atoms with Crippen LogP contribution < -0.4 is 9.80 Å². The largest absolute Gasteiger partial charge is 0.378 e. The highest BCUT2D eigenvalue weighted by Crippen LogP contribution is 2.56. The van der Waals surface area contributed by atoms with Crippen LogP contribution in [0.25, 0.3) is 11.1 Å². The van der Waals surface area contributed by atoms with Crippen LogP contribution >= 0.6 is 0 Å². The third-order valence-corrected chi connectivity index (χ3v) is 6.46. The van der Waals surface area contributed by atoms with E-state index in [1.54, 1.807) is 0 Å². The standard InChI is InChI=1S/C25H26N2/c1-26(2)19-9-11-21-22-12-10-20(27(3)4)14-24(22)25(23(21)13-19)15-17-7-5-6-8-18(17)16-25/h5-14H,15-16H2,1-4H3. The third-order valence-electron chi connectivity index (χ3n) is 6.46. The van der Waals surface area contributed by atoms with Crippen LogP contribution in [0, 0.1) is 0 Å². The summed E-state index contributed by atoms with van der Waals surface area (Å²) in [6.07, 6.45) is 2.19. The zero-order valence-corrected chi connectivity index (χ0v) is 16.6. The SMILES string of the molecule is CN(C)c1ccc2c(c1)C1(Cc3ccccc3C1)c1cc(N(C)C)ccc1-2. The Morgan fingerprint density at radius 3 is 1.48 bits per heavy atom. The van der Waals surface area contributed by atoms with Crippen LogP contribution in [0.1, 0.15) is 22.3 Å². The van der Waals surface area contributed by atoms with Crippen LogP contribution in [0.2, 0.25) is 0 Å². The molecule has 3 aromatic carbocycles. The minimum atomic E-state index is 0.0619. The van der Waals surface area contributed by atoms with Crippen molar-refractivity contribution >= 4 is 11.4 Å². The van der Waals surface area contributed by atoms with Gasteiger partial charge in [-0.05, 0) is 70.5 Å². The zero-order chi connectivity index (χ0) is 18.8. The smallest absolute Gasteiger partial charge is 0.0364 e. The van der Waals surface area contributed by atoms with Crippen LogP contribution in [0.15, 0.2) is 60.7 Å². The molecule has 0 amide bonds. The van der Waals surface area contributed by atoms with Crippen molar-refractivity contribution in [2.45, 2.75) is 18.3 Å². The number of hydrogen-bond donors (Lipinski definition) is 0. The minimum Gasteiger partial charge on any atom is -0.378 e. The first-order chi connectivity index (χ1) is 13.0. The molecule has 2 aliphatic rings. The molecule has 2 aliphatic carbocycles. The molecule has 0 bridgehead atoms. The molecule has 0 heterocycles. The minimum absolute atomic E-state index is 0.0619. The Morgan fingerprint density at radius 2 is 1.07 bits per heavy atom. The number of anilines is 2. The topological polar surface area (TPSA) is 6.48 Å². The average Bonchev–Trinajstić information content (AvgIpc) is 3.18. The van der Waals surface area contributed by atoms with E-state index in [4.69, 9.17) is 0 Å².